The average molecular weight is 405 g/mol. The number of piperidine rings is 1. The Kier molecular flexibility index (Phi) is 6.03. The van der Waals surface area contributed by atoms with Crippen molar-refractivity contribution in [2.45, 2.75) is 19.8 Å². The van der Waals surface area contributed by atoms with E-state index < -0.39 is 17.6 Å². The summed E-state index contributed by atoms with van der Waals surface area (Å²) in [5.41, 5.74) is 0.302. The molecule has 0 spiro atoms. The molecule has 9 heteroatoms. The van der Waals surface area contributed by atoms with Crippen LogP contribution in [-0.2, 0) is 19.1 Å². The van der Waals surface area contributed by atoms with Gasteiger partial charge in [0.2, 0.25) is 0 Å². The smallest absolute Gasteiger partial charge is 0.309 e. The van der Waals surface area contributed by atoms with Gasteiger partial charge in [-0.05, 0) is 56.2 Å². The Bertz CT molecular complexity index is 832. The molecule has 2 aliphatic heterocycles. The standard InChI is InChI=1S/C19H20FN3O4S/c1-2-27-18(26)12-7-9-22(10-8-12)11-15-16(24)21-19(28)23(17(15)25)14-5-3-13(20)4-6-14/h3-6,11-12H,2,7-10H2,1H3,(H,21,24,28)/b15-11-. The lowest BCUT2D eigenvalue weighted by molar-refractivity contribution is -0.149. The van der Waals surface area contributed by atoms with Crippen molar-refractivity contribution in [3.05, 3.63) is 41.9 Å². The second kappa shape index (κ2) is 8.47. The molecule has 0 aliphatic carbocycles. The van der Waals surface area contributed by atoms with E-state index >= 15 is 0 Å². The Balaban J connectivity index is 1.75. The van der Waals surface area contributed by atoms with Gasteiger partial charge in [0, 0.05) is 19.3 Å². The Morgan fingerprint density at radius 3 is 2.54 bits per heavy atom. The Morgan fingerprint density at radius 2 is 1.93 bits per heavy atom. The minimum atomic E-state index is -0.583. The lowest BCUT2D eigenvalue weighted by Crippen LogP contribution is -2.54. The third-order valence-electron chi connectivity index (χ3n) is 4.65. The molecule has 1 N–H and O–H groups in total. The highest BCUT2D eigenvalue weighted by Crippen LogP contribution is 2.23. The molecule has 148 valence electrons. The van der Waals surface area contributed by atoms with E-state index in [9.17, 15) is 18.8 Å². The van der Waals surface area contributed by atoms with E-state index in [0.717, 1.165) is 4.90 Å². The summed E-state index contributed by atoms with van der Waals surface area (Å²) in [5, 5.41) is 2.44. The summed E-state index contributed by atoms with van der Waals surface area (Å²) in [6.07, 6.45) is 2.66. The predicted octanol–water partition coefficient (Wildman–Crippen LogP) is 1.73. The number of hydrogen-bond donors (Lipinski definition) is 1. The fourth-order valence-corrected chi connectivity index (χ4v) is 3.46. The van der Waals surface area contributed by atoms with Crippen molar-refractivity contribution >= 4 is 40.8 Å². The number of esters is 1. The number of nitrogens with one attached hydrogen (secondary N) is 1. The topological polar surface area (TPSA) is 79.0 Å². The summed E-state index contributed by atoms with van der Waals surface area (Å²) in [6, 6.07) is 5.26. The quantitative estimate of drug-likeness (QED) is 0.356. The molecule has 0 aromatic heterocycles. The molecule has 2 amide bonds. The molecular formula is C19H20FN3O4S. The number of anilines is 1. The first kappa shape index (κ1) is 19.9. The number of nitrogens with zero attached hydrogens (tertiary/aromatic N) is 2. The fourth-order valence-electron chi connectivity index (χ4n) is 3.18. The molecular weight excluding hydrogens is 385 g/mol. The summed E-state index contributed by atoms with van der Waals surface area (Å²) in [7, 11) is 0. The number of amides is 2. The van der Waals surface area contributed by atoms with E-state index in [1.54, 1.807) is 6.92 Å². The van der Waals surface area contributed by atoms with Gasteiger partial charge in [-0.25, -0.2) is 4.39 Å². The number of carbonyl (C=O) groups excluding carboxylic acids is 3. The Morgan fingerprint density at radius 1 is 1.29 bits per heavy atom. The summed E-state index contributed by atoms with van der Waals surface area (Å²) in [6.45, 7) is 3.15. The minimum Gasteiger partial charge on any atom is -0.466 e. The van der Waals surface area contributed by atoms with Crippen LogP contribution in [0, 0.1) is 11.7 Å². The van der Waals surface area contributed by atoms with Crippen molar-refractivity contribution in [3.8, 4) is 0 Å². The number of benzene rings is 1. The van der Waals surface area contributed by atoms with Crippen LogP contribution in [0.15, 0.2) is 36.0 Å². The third kappa shape index (κ3) is 4.19. The van der Waals surface area contributed by atoms with Crippen LogP contribution in [0.25, 0.3) is 0 Å². The highest BCUT2D eigenvalue weighted by Gasteiger charge is 2.35. The van der Waals surface area contributed by atoms with Gasteiger partial charge in [-0.2, -0.15) is 0 Å². The molecule has 2 aliphatic rings. The van der Waals surface area contributed by atoms with E-state index in [1.807, 2.05) is 4.90 Å². The summed E-state index contributed by atoms with van der Waals surface area (Å²) in [5.74, 6) is -1.99. The van der Waals surface area contributed by atoms with Crippen LogP contribution < -0.4 is 10.2 Å². The van der Waals surface area contributed by atoms with Gasteiger partial charge in [-0.3, -0.25) is 24.6 Å². The average Bonchev–Trinajstić information content (AvgIpc) is 2.67. The second-order valence-corrected chi connectivity index (χ2v) is 6.87. The highest BCUT2D eigenvalue weighted by atomic mass is 32.1. The van der Waals surface area contributed by atoms with Crippen molar-refractivity contribution in [3.63, 3.8) is 0 Å². The number of likely N-dealkylation sites (tertiary alicyclic amines) is 1. The molecule has 3 rings (SSSR count). The van der Waals surface area contributed by atoms with E-state index in [-0.39, 0.29) is 22.6 Å². The van der Waals surface area contributed by atoms with Gasteiger partial charge >= 0.3 is 5.97 Å². The van der Waals surface area contributed by atoms with Gasteiger partial charge in [-0.1, -0.05) is 0 Å². The summed E-state index contributed by atoms with van der Waals surface area (Å²) in [4.78, 5) is 40.0. The van der Waals surface area contributed by atoms with Gasteiger partial charge in [-0.15, -0.1) is 0 Å². The number of carbonyl (C=O) groups is 3. The number of halogens is 1. The predicted molar refractivity (Wildman–Crippen MR) is 104 cm³/mol. The summed E-state index contributed by atoms with van der Waals surface area (Å²) >= 11 is 5.11. The first-order valence-corrected chi connectivity index (χ1v) is 9.39. The highest BCUT2D eigenvalue weighted by molar-refractivity contribution is 7.80. The van der Waals surface area contributed by atoms with E-state index in [2.05, 4.69) is 5.32 Å². The number of thiocarbonyl (C=S) groups is 1. The maximum atomic E-state index is 13.2. The van der Waals surface area contributed by atoms with Crippen LogP contribution in [0.3, 0.4) is 0 Å². The van der Waals surface area contributed by atoms with Gasteiger partial charge < -0.3 is 9.64 Å². The largest absolute Gasteiger partial charge is 0.466 e. The van der Waals surface area contributed by atoms with Crippen LogP contribution in [0.1, 0.15) is 19.8 Å². The molecule has 7 nitrogen and oxygen atoms in total. The molecule has 1 aromatic rings. The first-order valence-electron chi connectivity index (χ1n) is 8.98. The monoisotopic (exact) mass is 405 g/mol. The number of rotatable bonds is 4. The molecule has 2 heterocycles. The van der Waals surface area contributed by atoms with Crippen molar-refractivity contribution < 1.29 is 23.5 Å². The van der Waals surface area contributed by atoms with Crippen LogP contribution in [0.2, 0.25) is 0 Å². The molecule has 1 aromatic carbocycles. The Hall–Kier alpha value is -2.81. The molecule has 2 fully saturated rings. The van der Waals surface area contributed by atoms with E-state index in [4.69, 9.17) is 17.0 Å². The minimum absolute atomic E-state index is 0.0558. The Labute approximate surface area is 167 Å². The van der Waals surface area contributed by atoms with Crippen molar-refractivity contribution in [2.75, 3.05) is 24.6 Å². The fraction of sp³-hybridized carbons (Fsp3) is 0.368. The third-order valence-corrected chi connectivity index (χ3v) is 4.93. The number of hydrogen-bond acceptors (Lipinski definition) is 6. The molecule has 0 bridgehead atoms. The van der Waals surface area contributed by atoms with Crippen molar-refractivity contribution in [1.29, 1.82) is 0 Å². The zero-order valence-corrected chi connectivity index (χ0v) is 16.1. The normalized spacial score (nSPS) is 19.8. The maximum absolute atomic E-state index is 13.2. The van der Waals surface area contributed by atoms with Crippen LogP contribution in [0.4, 0.5) is 10.1 Å². The van der Waals surface area contributed by atoms with Gasteiger partial charge in [0.05, 0.1) is 18.2 Å². The van der Waals surface area contributed by atoms with Gasteiger partial charge in [0.1, 0.15) is 11.4 Å². The van der Waals surface area contributed by atoms with E-state index in [0.29, 0.717) is 38.2 Å². The van der Waals surface area contributed by atoms with Crippen molar-refractivity contribution in [2.24, 2.45) is 5.92 Å². The zero-order chi connectivity index (χ0) is 20.3. The number of ether oxygens (including phenoxy) is 1. The lowest BCUT2D eigenvalue weighted by Gasteiger charge is -2.33. The molecule has 2 saturated heterocycles. The molecule has 0 saturated carbocycles. The maximum Gasteiger partial charge on any atom is 0.309 e. The lowest BCUT2D eigenvalue weighted by atomic mass is 9.97. The van der Waals surface area contributed by atoms with E-state index in [1.165, 1.54) is 30.5 Å². The zero-order valence-electron chi connectivity index (χ0n) is 15.3. The molecule has 0 radical (unpaired) electrons. The molecule has 0 atom stereocenters. The van der Waals surface area contributed by atoms with Crippen LogP contribution in [0.5, 0.6) is 0 Å². The van der Waals surface area contributed by atoms with Crippen molar-refractivity contribution in [1.82, 2.24) is 10.2 Å². The van der Waals surface area contributed by atoms with Crippen LogP contribution in [-0.4, -0.2) is 47.5 Å². The molecule has 0 unspecified atom stereocenters. The van der Waals surface area contributed by atoms with Crippen LogP contribution >= 0.6 is 12.2 Å². The second-order valence-electron chi connectivity index (χ2n) is 6.48. The molecule has 28 heavy (non-hydrogen) atoms. The summed E-state index contributed by atoms with van der Waals surface area (Å²) < 4.78 is 18.2. The first-order chi connectivity index (χ1) is 13.4. The SMILES string of the molecule is CCOC(=O)C1CCN(/C=C2/C(=O)NC(=S)N(c3ccc(F)cc3)C2=O)CC1. The van der Waals surface area contributed by atoms with Gasteiger partial charge in [0.25, 0.3) is 11.8 Å². The van der Waals surface area contributed by atoms with Gasteiger partial charge in [0.15, 0.2) is 5.11 Å².